The van der Waals surface area contributed by atoms with Gasteiger partial charge in [-0.2, -0.15) is 16.8 Å². The predicted molar refractivity (Wildman–Crippen MR) is 142 cm³/mol. The molecule has 0 bridgehead atoms. The lowest BCUT2D eigenvalue weighted by molar-refractivity contribution is -0.144. The smallest absolute Gasteiger partial charge is 0.322 e. The molecule has 0 aromatic heterocycles. The third-order valence-corrected chi connectivity index (χ3v) is 6.33. The Hall–Kier alpha value is -2.68. The summed E-state index contributed by atoms with van der Waals surface area (Å²) < 4.78 is 63.9. The SMILES string of the molecule is CCOC(=O)C(N)CCCCNCC=N.Cc1ccc(S(=O)(=O)O)cc1.Cc1ccc(S(=O)(=O)O)cc1. The Bertz CT molecular complexity index is 1080. The van der Waals surface area contributed by atoms with Gasteiger partial charge in [-0.05, 0) is 64.4 Å². The van der Waals surface area contributed by atoms with E-state index < -0.39 is 26.3 Å². The lowest BCUT2D eigenvalue weighted by atomic mass is 10.1. The minimum atomic E-state index is -4.02. The second-order valence-corrected chi connectivity index (χ2v) is 10.7. The third-order valence-electron chi connectivity index (χ3n) is 4.59. The van der Waals surface area contributed by atoms with E-state index in [1.165, 1.54) is 30.5 Å². The van der Waals surface area contributed by atoms with Crippen LogP contribution in [0.4, 0.5) is 0 Å². The minimum Gasteiger partial charge on any atom is -0.465 e. The zero-order chi connectivity index (χ0) is 28.5. The number of hydrogen-bond acceptors (Lipinski definition) is 9. The molecule has 2 aromatic carbocycles. The number of nitrogens with two attached hydrogens (primary N) is 1. The van der Waals surface area contributed by atoms with E-state index in [0.717, 1.165) is 30.5 Å². The van der Waals surface area contributed by atoms with Crippen molar-refractivity contribution in [1.29, 1.82) is 5.41 Å². The minimum absolute atomic E-state index is 0.0666. The molecule has 0 fully saturated rings. The number of ether oxygens (including phenoxy) is 1. The molecular weight excluding hydrogens is 522 g/mol. The number of unbranched alkanes of at least 4 members (excludes halogenated alkanes) is 1. The zero-order valence-corrected chi connectivity index (χ0v) is 22.9. The van der Waals surface area contributed by atoms with Crippen molar-refractivity contribution < 1.29 is 35.5 Å². The molecule has 0 saturated carbocycles. The number of aryl methyl sites for hydroxylation is 2. The van der Waals surface area contributed by atoms with Gasteiger partial charge in [0.25, 0.3) is 20.2 Å². The summed E-state index contributed by atoms with van der Waals surface area (Å²) in [6.07, 6.45) is 3.83. The summed E-state index contributed by atoms with van der Waals surface area (Å²) in [6.45, 7) is 7.29. The molecule has 0 aliphatic carbocycles. The van der Waals surface area contributed by atoms with Crippen molar-refractivity contribution in [3.8, 4) is 0 Å². The Balaban J connectivity index is 0.000000534. The molecule has 0 spiro atoms. The fourth-order valence-electron chi connectivity index (χ4n) is 2.58. The molecule has 13 heteroatoms. The molecule has 6 N–H and O–H groups in total. The Morgan fingerprint density at radius 1 is 0.946 bits per heavy atom. The van der Waals surface area contributed by atoms with Crippen LogP contribution in [-0.2, 0) is 29.8 Å². The van der Waals surface area contributed by atoms with Crippen molar-refractivity contribution in [3.63, 3.8) is 0 Å². The van der Waals surface area contributed by atoms with Crippen LogP contribution in [0.5, 0.6) is 0 Å². The highest BCUT2D eigenvalue weighted by Crippen LogP contribution is 2.09. The van der Waals surface area contributed by atoms with Crippen molar-refractivity contribution >= 4 is 32.4 Å². The standard InChI is InChI=1S/C10H21N3O2.2C7H8O3S/c1-2-15-10(14)9(12)5-3-4-7-13-8-6-11;2*1-6-2-4-7(5-3-6)11(8,9)10/h6,9,11,13H,2-5,7-8,12H2,1H3;2*2-5H,1H3,(H,8,9,10). The molecule has 37 heavy (non-hydrogen) atoms. The van der Waals surface area contributed by atoms with Crippen molar-refractivity contribution in [2.75, 3.05) is 19.7 Å². The van der Waals surface area contributed by atoms with Crippen molar-refractivity contribution in [3.05, 3.63) is 59.7 Å². The van der Waals surface area contributed by atoms with Gasteiger partial charge in [-0.25, -0.2) is 0 Å². The highest BCUT2D eigenvalue weighted by Gasteiger charge is 2.13. The van der Waals surface area contributed by atoms with Crippen LogP contribution in [0.1, 0.15) is 37.3 Å². The van der Waals surface area contributed by atoms with Gasteiger partial charge in [0.2, 0.25) is 0 Å². The summed E-state index contributed by atoms with van der Waals surface area (Å²) in [7, 11) is -8.04. The Labute approximate surface area is 219 Å². The van der Waals surface area contributed by atoms with E-state index in [2.05, 4.69) is 5.32 Å². The van der Waals surface area contributed by atoms with Crippen LogP contribution in [0.2, 0.25) is 0 Å². The molecule has 2 aromatic rings. The summed E-state index contributed by atoms with van der Waals surface area (Å²) in [6, 6.07) is 11.5. The monoisotopic (exact) mass is 559 g/mol. The van der Waals surface area contributed by atoms with E-state index in [4.69, 9.17) is 25.0 Å². The van der Waals surface area contributed by atoms with Gasteiger partial charge in [-0.3, -0.25) is 13.9 Å². The van der Waals surface area contributed by atoms with Crippen LogP contribution < -0.4 is 11.1 Å². The third kappa shape index (κ3) is 16.6. The first-order chi connectivity index (χ1) is 17.2. The number of esters is 1. The molecular formula is C24H37N3O8S2. The van der Waals surface area contributed by atoms with Crippen molar-refractivity contribution in [2.45, 2.75) is 55.9 Å². The molecule has 11 nitrogen and oxygen atoms in total. The van der Waals surface area contributed by atoms with E-state index in [9.17, 15) is 21.6 Å². The average Bonchev–Trinajstić information content (AvgIpc) is 2.81. The number of benzene rings is 2. The number of rotatable bonds is 11. The van der Waals surface area contributed by atoms with Gasteiger partial charge in [0.1, 0.15) is 6.04 Å². The highest BCUT2D eigenvalue weighted by molar-refractivity contribution is 7.86. The maximum atomic E-state index is 11.1. The summed E-state index contributed by atoms with van der Waals surface area (Å²) in [4.78, 5) is 11.0. The summed E-state index contributed by atoms with van der Waals surface area (Å²) in [5, 5.41) is 9.85. The van der Waals surface area contributed by atoms with Gasteiger partial charge in [0.05, 0.1) is 16.4 Å². The van der Waals surface area contributed by atoms with E-state index in [1.807, 2.05) is 13.8 Å². The van der Waals surface area contributed by atoms with Crippen molar-refractivity contribution in [1.82, 2.24) is 5.32 Å². The maximum absolute atomic E-state index is 11.1. The van der Waals surface area contributed by atoms with E-state index in [0.29, 0.717) is 19.6 Å². The lowest BCUT2D eigenvalue weighted by Gasteiger charge is -2.09. The Morgan fingerprint density at radius 2 is 1.38 bits per heavy atom. The quantitative estimate of drug-likeness (QED) is 0.118. The number of carbonyl (C=O) groups excluding carboxylic acids is 1. The second-order valence-electron chi connectivity index (χ2n) is 7.84. The Kier molecular flexibility index (Phi) is 16.4. The summed E-state index contributed by atoms with van der Waals surface area (Å²) in [5.74, 6) is -0.315. The van der Waals surface area contributed by atoms with Gasteiger partial charge >= 0.3 is 5.97 Å². The number of hydrogen-bond donors (Lipinski definition) is 5. The van der Waals surface area contributed by atoms with Gasteiger partial charge in [-0.15, -0.1) is 0 Å². The molecule has 208 valence electrons. The van der Waals surface area contributed by atoms with Gasteiger partial charge in [-0.1, -0.05) is 41.8 Å². The number of nitrogens with one attached hydrogen (secondary N) is 2. The molecule has 1 atom stereocenters. The molecule has 0 amide bonds. The van der Waals surface area contributed by atoms with E-state index in [1.54, 1.807) is 31.2 Å². The fourth-order valence-corrected chi connectivity index (χ4v) is 3.54. The van der Waals surface area contributed by atoms with Gasteiger partial charge < -0.3 is 21.2 Å². The first-order valence-electron chi connectivity index (χ1n) is 11.4. The molecule has 0 aliphatic heterocycles. The molecule has 0 aliphatic rings. The van der Waals surface area contributed by atoms with E-state index in [-0.39, 0.29) is 15.8 Å². The normalized spacial score (nSPS) is 11.7. The molecule has 0 radical (unpaired) electrons. The van der Waals surface area contributed by atoms with Gasteiger partial charge in [0, 0.05) is 12.8 Å². The van der Waals surface area contributed by atoms with Crippen LogP contribution in [0.3, 0.4) is 0 Å². The topological polar surface area (TPSA) is 197 Å². The zero-order valence-electron chi connectivity index (χ0n) is 21.3. The Morgan fingerprint density at radius 3 is 1.73 bits per heavy atom. The first-order valence-corrected chi connectivity index (χ1v) is 14.3. The molecule has 0 saturated heterocycles. The van der Waals surface area contributed by atoms with Crippen LogP contribution in [0.25, 0.3) is 0 Å². The molecule has 0 heterocycles. The van der Waals surface area contributed by atoms with Crippen LogP contribution in [0, 0.1) is 19.3 Å². The molecule has 1 unspecified atom stereocenters. The average molecular weight is 560 g/mol. The maximum Gasteiger partial charge on any atom is 0.322 e. The highest BCUT2D eigenvalue weighted by atomic mass is 32.2. The van der Waals surface area contributed by atoms with Gasteiger partial charge in [0.15, 0.2) is 0 Å². The lowest BCUT2D eigenvalue weighted by Crippen LogP contribution is -2.32. The number of carbonyl (C=O) groups is 1. The predicted octanol–water partition coefficient (Wildman–Crippen LogP) is 2.77. The second kappa shape index (κ2) is 17.7. The van der Waals surface area contributed by atoms with Crippen LogP contribution in [0.15, 0.2) is 58.3 Å². The first kappa shape index (κ1) is 34.3. The van der Waals surface area contributed by atoms with E-state index >= 15 is 0 Å². The summed E-state index contributed by atoms with van der Waals surface area (Å²) in [5.41, 5.74) is 7.52. The summed E-state index contributed by atoms with van der Waals surface area (Å²) >= 11 is 0. The van der Waals surface area contributed by atoms with Crippen LogP contribution >= 0.6 is 0 Å². The van der Waals surface area contributed by atoms with Crippen molar-refractivity contribution in [2.24, 2.45) is 5.73 Å². The largest absolute Gasteiger partial charge is 0.465 e. The van der Waals surface area contributed by atoms with Crippen LogP contribution in [-0.4, -0.2) is 63.9 Å². The molecule has 2 rings (SSSR count). The fraction of sp³-hybridized carbons (Fsp3) is 0.417.